The molecule has 0 bridgehead atoms. The number of hydrogen-bond acceptors (Lipinski definition) is 5. The molecule has 0 aliphatic heterocycles. The van der Waals surface area contributed by atoms with Crippen LogP contribution in [0.5, 0.6) is 5.75 Å². The molecule has 0 aliphatic rings. The number of rotatable bonds is 4. The molecule has 0 aromatic heterocycles. The molecule has 6 nitrogen and oxygen atoms in total. The molecular weight excluding hydrogens is 236 g/mol. The summed E-state index contributed by atoms with van der Waals surface area (Å²) in [4.78, 5) is 22.2. The lowest BCUT2D eigenvalue weighted by Gasteiger charge is -2.06. The van der Waals surface area contributed by atoms with Crippen LogP contribution in [0.3, 0.4) is 0 Å². The highest BCUT2D eigenvalue weighted by Crippen LogP contribution is 2.12. The number of benzene rings is 1. The summed E-state index contributed by atoms with van der Waals surface area (Å²) in [7, 11) is 0. The molecule has 6 heteroatoms. The van der Waals surface area contributed by atoms with Crippen LogP contribution in [0.15, 0.2) is 24.3 Å². The molecule has 0 radical (unpaired) electrons. The van der Waals surface area contributed by atoms with Gasteiger partial charge in [-0.1, -0.05) is 6.07 Å². The number of nitrogens with zero attached hydrogens (tertiary/aromatic N) is 1. The number of carbonyl (C=O) groups is 2. The van der Waals surface area contributed by atoms with Crippen LogP contribution >= 0.6 is 0 Å². The lowest BCUT2D eigenvalue weighted by Crippen LogP contribution is -2.34. The Morgan fingerprint density at radius 3 is 2.89 bits per heavy atom. The van der Waals surface area contributed by atoms with Crippen LogP contribution in [-0.2, 0) is 9.53 Å². The van der Waals surface area contributed by atoms with E-state index in [2.05, 4.69) is 4.74 Å². The predicted molar refractivity (Wildman–Crippen MR) is 61.8 cm³/mol. The average molecular weight is 248 g/mol. The molecule has 0 saturated carbocycles. The number of hydrogen-bond donors (Lipinski definition) is 1. The molecule has 1 N–H and O–H groups in total. The summed E-state index contributed by atoms with van der Waals surface area (Å²) in [5.41, 5.74) is 0.429. The predicted octanol–water partition coefficient (Wildman–Crippen LogP) is 1.21. The minimum Gasteiger partial charge on any atom is -0.484 e. The van der Waals surface area contributed by atoms with Gasteiger partial charge in [-0.2, -0.15) is 5.26 Å². The van der Waals surface area contributed by atoms with Crippen molar-refractivity contribution in [1.82, 2.24) is 5.32 Å². The Hall–Kier alpha value is -2.55. The van der Waals surface area contributed by atoms with E-state index < -0.39 is 12.0 Å². The summed E-state index contributed by atoms with van der Waals surface area (Å²) < 4.78 is 9.65. The summed E-state index contributed by atoms with van der Waals surface area (Å²) in [6.07, 6.45) is -0.808. The molecule has 94 valence electrons. The van der Waals surface area contributed by atoms with E-state index in [1.165, 1.54) is 6.07 Å². The van der Waals surface area contributed by atoms with Crippen molar-refractivity contribution in [2.75, 3.05) is 13.2 Å². The summed E-state index contributed by atoms with van der Waals surface area (Å²) >= 11 is 0. The first-order valence-electron chi connectivity index (χ1n) is 5.25. The van der Waals surface area contributed by atoms with Crippen LogP contribution in [0.2, 0.25) is 0 Å². The highest BCUT2D eigenvalue weighted by atomic mass is 16.5. The van der Waals surface area contributed by atoms with Crippen molar-refractivity contribution >= 4 is 12.0 Å². The van der Waals surface area contributed by atoms with Crippen LogP contribution in [-0.4, -0.2) is 25.2 Å². The largest absolute Gasteiger partial charge is 0.484 e. The second-order valence-corrected chi connectivity index (χ2v) is 3.20. The number of alkyl carbamates (subject to hydrolysis) is 1. The zero-order valence-corrected chi connectivity index (χ0v) is 9.80. The second kappa shape index (κ2) is 6.91. The van der Waals surface area contributed by atoms with Gasteiger partial charge >= 0.3 is 6.09 Å². The zero-order chi connectivity index (χ0) is 13.4. The quantitative estimate of drug-likeness (QED) is 0.865. The standard InChI is InChI=1S/C12H12N2O4/c1-2-17-12(16)14-11(15)8-18-10-5-3-4-9(6-10)7-13/h3-6H,2,8H2,1H3,(H,14,15,16). The third-order valence-electron chi connectivity index (χ3n) is 1.85. The molecule has 18 heavy (non-hydrogen) atoms. The molecule has 0 aliphatic carbocycles. The highest BCUT2D eigenvalue weighted by Gasteiger charge is 2.08. The fourth-order valence-electron chi connectivity index (χ4n) is 1.12. The number of carbonyl (C=O) groups excluding carboxylic acids is 2. The minimum atomic E-state index is -0.808. The molecule has 1 rings (SSSR count). The van der Waals surface area contributed by atoms with Gasteiger partial charge < -0.3 is 9.47 Å². The third-order valence-corrected chi connectivity index (χ3v) is 1.85. The fraction of sp³-hybridized carbons (Fsp3) is 0.250. The monoisotopic (exact) mass is 248 g/mol. The summed E-state index contributed by atoms with van der Waals surface area (Å²) in [5, 5.41) is 10.7. The van der Waals surface area contributed by atoms with Crippen LogP contribution in [0, 0.1) is 11.3 Å². The van der Waals surface area contributed by atoms with Gasteiger partial charge in [0.25, 0.3) is 5.91 Å². The zero-order valence-electron chi connectivity index (χ0n) is 9.80. The van der Waals surface area contributed by atoms with Gasteiger partial charge in [-0.3, -0.25) is 10.1 Å². The Bertz CT molecular complexity index is 479. The van der Waals surface area contributed by atoms with E-state index in [4.69, 9.17) is 10.00 Å². The van der Waals surface area contributed by atoms with E-state index in [-0.39, 0.29) is 13.2 Å². The Kier molecular flexibility index (Phi) is 5.19. The fourth-order valence-corrected chi connectivity index (χ4v) is 1.12. The molecule has 1 aromatic carbocycles. The molecule has 2 amide bonds. The third kappa shape index (κ3) is 4.53. The highest BCUT2D eigenvalue weighted by molar-refractivity contribution is 5.92. The van der Waals surface area contributed by atoms with Gasteiger partial charge in [0.1, 0.15) is 5.75 Å². The lowest BCUT2D eigenvalue weighted by atomic mass is 10.2. The SMILES string of the molecule is CCOC(=O)NC(=O)COc1cccc(C#N)c1. The maximum atomic E-state index is 11.3. The normalized spacial score (nSPS) is 9.11. The van der Waals surface area contributed by atoms with Crippen LogP contribution in [0.4, 0.5) is 4.79 Å². The summed E-state index contributed by atoms with van der Waals surface area (Å²) in [5.74, 6) is -0.233. The topological polar surface area (TPSA) is 88.4 Å². The Morgan fingerprint density at radius 2 is 2.22 bits per heavy atom. The van der Waals surface area contributed by atoms with Gasteiger partial charge in [0, 0.05) is 0 Å². The van der Waals surface area contributed by atoms with Crippen molar-refractivity contribution in [2.45, 2.75) is 6.92 Å². The van der Waals surface area contributed by atoms with Crippen LogP contribution < -0.4 is 10.1 Å². The van der Waals surface area contributed by atoms with Crippen molar-refractivity contribution in [3.8, 4) is 11.8 Å². The lowest BCUT2D eigenvalue weighted by molar-refractivity contribution is -0.122. The molecule has 0 spiro atoms. The molecule has 0 atom stereocenters. The average Bonchev–Trinajstić information content (AvgIpc) is 2.37. The van der Waals surface area contributed by atoms with Crippen molar-refractivity contribution in [1.29, 1.82) is 5.26 Å². The smallest absolute Gasteiger partial charge is 0.413 e. The van der Waals surface area contributed by atoms with Gasteiger partial charge in [-0.05, 0) is 25.1 Å². The Labute approximate surface area is 104 Å². The minimum absolute atomic E-state index is 0.185. The van der Waals surface area contributed by atoms with Crippen molar-refractivity contribution < 1.29 is 19.1 Å². The first-order chi connectivity index (χ1) is 8.65. The second-order valence-electron chi connectivity index (χ2n) is 3.20. The van der Waals surface area contributed by atoms with E-state index in [0.717, 1.165) is 0 Å². The first-order valence-corrected chi connectivity index (χ1v) is 5.25. The Morgan fingerprint density at radius 1 is 1.44 bits per heavy atom. The maximum Gasteiger partial charge on any atom is 0.413 e. The molecule has 0 saturated heterocycles. The van der Waals surface area contributed by atoms with Gasteiger partial charge in [0.2, 0.25) is 0 Å². The number of ether oxygens (including phenoxy) is 2. The van der Waals surface area contributed by atoms with Gasteiger partial charge in [-0.25, -0.2) is 4.79 Å². The van der Waals surface area contributed by atoms with E-state index in [0.29, 0.717) is 11.3 Å². The van der Waals surface area contributed by atoms with Crippen molar-refractivity contribution in [2.24, 2.45) is 0 Å². The summed E-state index contributed by atoms with van der Waals surface area (Å²) in [6, 6.07) is 8.31. The van der Waals surface area contributed by atoms with E-state index in [9.17, 15) is 9.59 Å². The first kappa shape index (κ1) is 13.5. The van der Waals surface area contributed by atoms with E-state index in [1.54, 1.807) is 25.1 Å². The summed E-state index contributed by atoms with van der Waals surface area (Å²) in [6.45, 7) is 1.49. The van der Waals surface area contributed by atoms with E-state index >= 15 is 0 Å². The molecular formula is C12H12N2O4. The van der Waals surface area contributed by atoms with Crippen LogP contribution in [0.1, 0.15) is 12.5 Å². The number of nitriles is 1. The molecule has 0 heterocycles. The van der Waals surface area contributed by atoms with Gasteiger partial charge in [0.05, 0.1) is 18.2 Å². The molecule has 1 aromatic rings. The number of nitrogens with one attached hydrogen (secondary N) is 1. The van der Waals surface area contributed by atoms with Crippen molar-refractivity contribution in [3.05, 3.63) is 29.8 Å². The number of imide groups is 1. The molecule has 0 unspecified atom stereocenters. The van der Waals surface area contributed by atoms with Gasteiger partial charge in [-0.15, -0.1) is 0 Å². The number of amides is 2. The Balaban J connectivity index is 2.43. The van der Waals surface area contributed by atoms with Gasteiger partial charge in [0.15, 0.2) is 6.61 Å². The van der Waals surface area contributed by atoms with E-state index in [1.807, 2.05) is 11.4 Å². The molecule has 0 fully saturated rings. The van der Waals surface area contributed by atoms with Crippen molar-refractivity contribution in [3.63, 3.8) is 0 Å². The van der Waals surface area contributed by atoms with Crippen LogP contribution in [0.25, 0.3) is 0 Å². The maximum absolute atomic E-state index is 11.3.